The standard InChI is InChI=1S/C14H11NO4.CH4/c1-3-11-13(18-7-16-11)5-9(1)15-10-2-4-12-14(6-10)19-8-17-12;/h1-6,15H,7-8H2;1H4. The van der Waals surface area contributed by atoms with Crippen LogP contribution < -0.4 is 24.3 Å². The Kier molecular flexibility index (Phi) is 3.02. The van der Waals surface area contributed by atoms with Gasteiger partial charge in [0.2, 0.25) is 13.6 Å². The lowest BCUT2D eigenvalue weighted by atomic mass is 10.2. The Morgan fingerprint density at radius 2 is 1.10 bits per heavy atom. The van der Waals surface area contributed by atoms with Crippen LogP contribution in [0.4, 0.5) is 11.4 Å². The molecule has 2 aliphatic rings. The Morgan fingerprint density at radius 3 is 1.60 bits per heavy atom. The Labute approximate surface area is 117 Å². The van der Waals surface area contributed by atoms with E-state index in [9.17, 15) is 0 Å². The first-order chi connectivity index (χ1) is 9.38. The monoisotopic (exact) mass is 273 g/mol. The van der Waals surface area contributed by atoms with Gasteiger partial charge in [0.05, 0.1) is 0 Å². The second-order valence-electron chi connectivity index (χ2n) is 4.26. The minimum atomic E-state index is 0. The van der Waals surface area contributed by atoms with Gasteiger partial charge in [-0.3, -0.25) is 0 Å². The van der Waals surface area contributed by atoms with Gasteiger partial charge in [-0.2, -0.15) is 0 Å². The molecule has 0 saturated heterocycles. The maximum absolute atomic E-state index is 5.34. The summed E-state index contributed by atoms with van der Waals surface area (Å²) in [5.74, 6) is 3.06. The fourth-order valence-electron chi connectivity index (χ4n) is 2.12. The number of benzene rings is 2. The van der Waals surface area contributed by atoms with Crippen LogP contribution in [-0.2, 0) is 0 Å². The van der Waals surface area contributed by atoms with Crippen LogP contribution in [0, 0.1) is 0 Å². The van der Waals surface area contributed by atoms with E-state index >= 15 is 0 Å². The molecule has 0 radical (unpaired) electrons. The molecule has 1 N–H and O–H groups in total. The third kappa shape index (κ3) is 2.07. The van der Waals surface area contributed by atoms with Gasteiger partial charge in [-0.05, 0) is 24.3 Å². The normalized spacial score (nSPS) is 13.8. The minimum Gasteiger partial charge on any atom is -0.454 e. The number of nitrogens with one attached hydrogen (secondary N) is 1. The van der Waals surface area contributed by atoms with Crippen LogP contribution >= 0.6 is 0 Å². The van der Waals surface area contributed by atoms with E-state index in [0.29, 0.717) is 0 Å². The molecule has 2 aromatic carbocycles. The van der Waals surface area contributed by atoms with Crippen LogP contribution in [0.25, 0.3) is 0 Å². The van der Waals surface area contributed by atoms with Gasteiger partial charge < -0.3 is 24.3 Å². The van der Waals surface area contributed by atoms with Gasteiger partial charge in [-0.15, -0.1) is 0 Å². The van der Waals surface area contributed by atoms with E-state index in [1.807, 2.05) is 36.4 Å². The molecule has 0 aromatic heterocycles. The van der Waals surface area contributed by atoms with Crippen molar-refractivity contribution in [3.05, 3.63) is 36.4 Å². The molecule has 20 heavy (non-hydrogen) atoms. The first-order valence-electron chi connectivity index (χ1n) is 5.95. The summed E-state index contributed by atoms with van der Waals surface area (Å²) < 4.78 is 21.2. The molecule has 2 aromatic rings. The topological polar surface area (TPSA) is 49.0 Å². The fourth-order valence-corrected chi connectivity index (χ4v) is 2.12. The third-order valence-electron chi connectivity index (χ3n) is 3.03. The molecule has 104 valence electrons. The highest BCUT2D eigenvalue weighted by Gasteiger charge is 2.15. The summed E-state index contributed by atoms with van der Waals surface area (Å²) in [6.45, 7) is 0.561. The average molecular weight is 273 g/mol. The molecule has 4 rings (SSSR count). The van der Waals surface area contributed by atoms with E-state index in [1.165, 1.54) is 0 Å². The third-order valence-corrected chi connectivity index (χ3v) is 3.03. The van der Waals surface area contributed by atoms with Crippen molar-refractivity contribution in [2.45, 2.75) is 7.43 Å². The summed E-state index contributed by atoms with van der Waals surface area (Å²) in [5.41, 5.74) is 1.87. The van der Waals surface area contributed by atoms with Crippen molar-refractivity contribution in [1.82, 2.24) is 0 Å². The molecule has 0 fully saturated rings. The smallest absolute Gasteiger partial charge is 0.231 e. The molecule has 0 bridgehead atoms. The van der Waals surface area contributed by atoms with Crippen LogP contribution in [0.1, 0.15) is 7.43 Å². The zero-order valence-electron chi connectivity index (χ0n) is 10.0. The number of fused-ring (bicyclic) bond motifs is 2. The number of rotatable bonds is 2. The van der Waals surface area contributed by atoms with Gasteiger partial charge in [0.25, 0.3) is 0 Å². The molecule has 0 aliphatic carbocycles. The minimum absolute atomic E-state index is 0. The summed E-state index contributed by atoms with van der Waals surface area (Å²) in [7, 11) is 0. The van der Waals surface area contributed by atoms with E-state index in [2.05, 4.69) is 5.32 Å². The number of hydrogen-bond donors (Lipinski definition) is 1. The van der Waals surface area contributed by atoms with E-state index in [4.69, 9.17) is 18.9 Å². The van der Waals surface area contributed by atoms with Crippen molar-refractivity contribution in [2.75, 3.05) is 18.9 Å². The van der Waals surface area contributed by atoms with E-state index < -0.39 is 0 Å². The molecule has 5 heteroatoms. The second kappa shape index (κ2) is 4.85. The average Bonchev–Trinajstić information content (AvgIpc) is 3.05. The molecule has 2 aliphatic heterocycles. The fraction of sp³-hybridized carbons (Fsp3) is 0.200. The van der Waals surface area contributed by atoms with Gasteiger partial charge in [0.1, 0.15) is 0 Å². The summed E-state index contributed by atoms with van der Waals surface area (Å²) in [6, 6.07) is 11.5. The number of ether oxygens (including phenoxy) is 4. The predicted molar refractivity (Wildman–Crippen MR) is 75.1 cm³/mol. The van der Waals surface area contributed by atoms with Crippen molar-refractivity contribution in [1.29, 1.82) is 0 Å². The van der Waals surface area contributed by atoms with Crippen molar-refractivity contribution in [3.8, 4) is 23.0 Å². The summed E-state index contributed by atoms with van der Waals surface area (Å²) in [5, 5.41) is 3.29. The maximum atomic E-state index is 5.34. The van der Waals surface area contributed by atoms with Gasteiger partial charge in [-0.25, -0.2) is 0 Å². The molecule has 5 nitrogen and oxygen atoms in total. The van der Waals surface area contributed by atoms with E-state index in [-0.39, 0.29) is 21.0 Å². The summed E-state index contributed by atoms with van der Waals surface area (Å²) >= 11 is 0. The van der Waals surface area contributed by atoms with E-state index in [1.54, 1.807) is 0 Å². The maximum Gasteiger partial charge on any atom is 0.231 e. The molecular formula is C15H15NO4. The Morgan fingerprint density at radius 1 is 0.650 bits per heavy atom. The molecule has 0 atom stereocenters. The molecule has 0 amide bonds. The van der Waals surface area contributed by atoms with Crippen LogP contribution in [0.5, 0.6) is 23.0 Å². The molecule has 0 unspecified atom stereocenters. The van der Waals surface area contributed by atoms with Crippen molar-refractivity contribution >= 4 is 11.4 Å². The zero-order valence-corrected chi connectivity index (χ0v) is 10.0. The Hall–Kier alpha value is -2.56. The highest BCUT2D eigenvalue weighted by atomic mass is 16.7. The summed E-state index contributed by atoms with van der Waals surface area (Å²) in [4.78, 5) is 0. The highest BCUT2D eigenvalue weighted by molar-refractivity contribution is 5.66. The lowest BCUT2D eigenvalue weighted by Gasteiger charge is -2.08. The highest BCUT2D eigenvalue weighted by Crippen LogP contribution is 2.37. The second-order valence-corrected chi connectivity index (χ2v) is 4.26. The van der Waals surface area contributed by atoms with Gasteiger partial charge >= 0.3 is 0 Å². The molecule has 0 saturated carbocycles. The largest absolute Gasteiger partial charge is 0.454 e. The zero-order chi connectivity index (χ0) is 12.7. The van der Waals surface area contributed by atoms with Gasteiger partial charge in [0, 0.05) is 23.5 Å². The lowest BCUT2D eigenvalue weighted by molar-refractivity contribution is 0.173. The quantitative estimate of drug-likeness (QED) is 0.907. The number of hydrogen-bond acceptors (Lipinski definition) is 5. The van der Waals surface area contributed by atoms with Crippen LogP contribution in [0.3, 0.4) is 0 Å². The van der Waals surface area contributed by atoms with Gasteiger partial charge in [0.15, 0.2) is 23.0 Å². The predicted octanol–water partition coefficient (Wildman–Crippen LogP) is 3.52. The first-order valence-corrected chi connectivity index (χ1v) is 5.95. The van der Waals surface area contributed by atoms with Crippen LogP contribution in [-0.4, -0.2) is 13.6 Å². The van der Waals surface area contributed by atoms with Crippen LogP contribution in [0.2, 0.25) is 0 Å². The SMILES string of the molecule is C.c1cc2c(cc1Nc1ccc3c(c1)OCO3)OCO2. The lowest BCUT2D eigenvalue weighted by Crippen LogP contribution is -1.93. The van der Waals surface area contributed by atoms with Crippen LogP contribution in [0.15, 0.2) is 36.4 Å². The Balaban J connectivity index is 0.00000121. The molecular weight excluding hydrogens is 258 g/mol. The van der Waals surface area contributed by atoms with Crippen molar-refractivity contribution < 1.29 is 18.9 Å². The van der Waals surface area contributed by atoms with Gasteiger partial charge in [-0.1, -0.05) is 7.43 Å². The summed E-state index contributed by atoms with van der Waals surface area (Å²) in [6.07, 6.45) is 0. The molecule has 0 spiro atoms. The Bertz CT molecular complexity index is 586. The van der Waals surface area contributed by atoms with Crippen molar-refractivity contribution in [2.24, 2.45) is 0 Å². The van der Waals surface area contributed by atoms with Crippen molar-refractivity contribution in [3.63, 3.8) is 0 Å². The van der Waals surface area contributed by atoms with E-state index in [0.717, 1.165) is 34.4 Å². The number of anilines is 2. The first kappa shape index (κ1) is 12.5. The molecule has 2 heterocycles.